The highest BCUT2D eigenvalue weighted by Crippen LogP contribution is 2.26. The molecule has 0 bridgehead atoms. The summed E-state index contributed by atoms with van der Waals surface area (Å²) in [7, 11) is 0. The van der Waals surface area contributed by atoms with E-state index in [0.717, 1.165) is 24.8 Å². The second kappa shape index (κ2) is 13.3. The molecule has 4 nitrogen and oxygen atoms in total. The summed E-state index contributed by atoms with van der Waals surface area (Å²) in [4.78, 5) is 28.7. The van der Waals surface area contributed by atoms with Gasteiger partial charge in [-0.15, -0.1) is 0 Å². The van der Waals surface area contributed by atoms with Gasteiger partial charge in [0, 0.05) is 19.5 Å². The average molecular weight is 465 g/mol. The van der Waals surface area contributed by atoms with Crippen molar-refractivity contribution >= 4 is 11.8 Å². The maximum atomic E-state index is 13.8. The van der Waals surface area contributed by atoms with E-state index in [1.165, 1.54) is 5.56 Å². The summed E-state index contributed by atoms with van der Waals surface area (Å²) >= 11 is 0. The van der Waals surface area contributed by atoms with Crippen LogP contribution in [0.2, 0.25) is 0 Å². The third kappa shape index (κ3) is 9.70. The monoisotopic (exact) mass is 464 g/mol. The molecule has 0 saturated heterocycles. The predicted octanol–water partition coefficient (Wildman–Crippen LogP) is 6.25. The van der Waals surface area contributed by atoms with E-state index in [0.29, 0.717) is 19.5 Å². The van der Waals surface area contributed by atoms with Crippen molar-refractivity contribution < 1.29 is 9.59 Å². The summed E-state index contributed by atoms with van der Waals surface area (Å²) in [6.45, 7) is 14.0. The van der Waals surface area contributed by atoms with Crippen LogP contribution in [0.3, 0.4) is 0 Å². The molecule has 34 heavy (non-hydrogen) atoms. The standard InChI is InChI=1S/C30H44N2O2/c1-7-24(3)28(31-27(33)20-23(2)21-30(4,5)6)29(34)32(22-26-16-12-9-13-17-26)19-18-25-14-10-8-11-15-25/h8-17,23-24,28H,7,18-22H2,1-6H3,(H,31,33). The normalized spacial score (nSPS) is 14.2. The number of hydrogen-bond acceptors (Lipinski definition) is 2. The van der Waals surface area contributed by atoms with E-state index in [1.54, 1.807) is 0 Å². The van der Waals surface area contributed by atoms with Crippen LogP contribution in [0.1, 0.15) is 71.9 Å². The SMILES string of the molecule is CCC(C)C(NC(=O)CC(C)CC(C)(C)C)C(=O)N(CCc1ccccc1)Cc1ccccc1. The quantitative estimate of drug-likeness (QED) is 0.403. The third-order valence-corrected chi connectivity index (χ3v) is 6.33. The molecule has 0 aromatic heterocycles. The fourth-order valence-electron chi connectivity index (χ4n) is 4.53. The van der Waals surface area contributed by atoms with Crippen LogP contribution in [0.15, 0.2) is 60.7 Å². The smallest absolute Gasteiger partial charge is 0.245 e. The summed E-state index contributed by atoms with van der Waals surface area (Å²) in [5.74, 6) is 0.305. The largest absolute Gasteiger partial charge is 0.344 e. The Kier molecular flexibility index (Phi) is 10.8. The van der Waals surface area contributed by atoms with E-state index in [4.69, 9.17) is 0 Å². The van der Waals surface area contributed by atoms with Crippen LogP contribution in [0.25, 0.3) is 0 Å². The number of carbonyl (C=O) groups is 2. The molecule has 0 aliphatic carbocycles. The molecule has 2 aromatic carbocycles. The minimum absolute atomic E-state index is 0.00552. The van der Waals surface area contributed by atoms with Gasteiger partial charge in [-0.2, -0.15) is 0 Å². The van der Waals surface area contributed by atoms with Gasteiger partial charge in [-0.1, -0.05) is 109 Å². The van der Waals surface area contributed by atoms with E-state index in [-0.39, 0.29) is 29.1 Å². The van der Waals surface area contributed by atoms with Gasteiger partial charge < -0.3 is 10.2 Å². The molecule has 2 amide bonds. The average Bonchev–Trinajstić information content (AvgIpc) is 2.79. The van der Waals surface area contributed by atoms with Gasteiger partial charge in [0.25, 0.3) is 0 Å². The number of rotatable bonds is 12. The fourth-order valence-corrected chi connectivity index (χ4v) is 4.53. The lowest BCUT2D eigenvalue weighted by molar-refractivity contribution is -0.138. The van der Waals surface area contributed by atoms with Gasteiger partial charge in [-0.25, -0.2) is 0 Å². The Balaban J connectivity index is 2.17. The Hall–Kier alpha value is -2.62. The van der Waals surface area contributed by atoms with Crippen molar-refractivity contribution in [1.82, 2.24) is 10.2 Å². The lowest BCUT2D eigenvalue weighted by Crippen LogP contribution is -2.52. The first-order valence-corrected chi connectivity index (χ1v) is 12.7. The van der Waals surface area contributed by atoms with Crippen molar-refractivity contribution in [2.45, 2.75) is 79.8 Å². The third-order valence-electron chi connectivity index (χ3n) is 6.33. The first kappa shape index (κ1) is 27.6. The second-order valence-electron chi connectivity index (χ2n) is 11.0. The van der Waals surface area contributed by atoms with E-state index < -0.39 is 6.04 Å². The predicted molar refractivity (Wildman–Crippen MR) is 141 cm³/mol. The molecule has 1 N–H and O–H groups in total. The van der Waals surface area contributed by atoms with E-state index in [1.807, 2.05) is 53.4 Å². The Labute approximate surface area is 207 Å². The second-order valence-corrected chi connectivity index (χ2v) is 11.0. The zero-order valence-corrected chi connectivity index (χ0v) is 22.0. The number of benzene rings is 2. The van der Waals surface area contributed by atoms with Crippen molar-refractivity contribution in [3.8, 4) is 0 Å². The summed E-state index contributed by atoms with van der Waals surface area (Å²) in [5.41, 5.74) is 2.47. The highest BCUT2D eigenvalue weighted by atomic mass is 16.2. The van der Waals surface area contributed by atoms with Crippen molar-refractivity contribution in [3.63, 3.8) is 0 Å². The topological polar surface area (TPSA) is 49.4 Å². The van der Waals surface area contributed by atoms with Crippen LogP contribution in [-0.2, 0) is 22.6 Å². The number of nitrogens with one attached hydrogen (secondary N) is 1. The first-order valence-electron chi connectivity index (χ1n) is 12.7. The summed E-state index contributed by atoms with van der Waals surface area (Å²) in [6.07, 6.45) is 3.02. The highest BCUT2D eigenvalue weighted by Gasteiger charge is 2.30. The lowest BCUT2D eigenvalue weighted by atomic mass is 9.84. The molecule has 0 aliphatic rings. The van der Waals surface area contributed by atoms with E-state index in [2.05, 4.69) is 59.0 Å². The van der Waals surface area contributed by atoms with Crippen LogP contribution < -0.4 is 5.32 Å². The van der Waals surface area contributed by atoms with Gasteiger partial charge in [0.05, 0.1) is 0 Å². The Morgan fingerprint density at radius 2 is 1.47 bits per heavy atom. The van der Waals surface area contributed by atoms with Gasteiger partial charge in [0.2, 0.25) is 11.8 Å². The minimum Gasteiger partial charge on any atom is -0.344 e. The minimum atomic E-state index is -0.515. The zero-order valence-electron chi connectivity index (χ0n) is 22.0. The van der Waals surface area contributed by atoms with Gasteiger partial charge >= 0.3 is 0 Å². The molecular weight excluding hydrogens is 420 g/mol. The summed E-state index contributed by atoms with van der Waals surface area (Å²) in [5, 5.41) is 3.12. The molecule has 4 heteroatoms. The molecule has 0 spiro atoms. The number of hydrogen-bond donors (Lipinski definition) is 1. The Morgan fingerprint density at radius 1 is 0.912 bits per heavy atom. The molecule has 2 aromatic rings. The number of amides is 2. The molecule has 186 valence electrons. The van der Waals surface area contributed by atoms with Crippen molar-refractivity contribution in [3.05, 3.63) is 71.8 Å². The first-order chi connectivity index (χ1) is 16.1. The maximum Gasteiger partial charge on any atom is 0.245 e. The zero-order chi connectivity index (χ0) is 25.1. The van der Waals surface area contributed by atoms with Gasteiger partial charge in [0.15, 0.2) is 0 Å². The Morgan fingerprint density at radius 3 is 2.00 bits per heavy atom. The van der Waals surface area contributed by atoms with Crippen molar-refractivity contribution in [2.24, 2.45) is 17.3 Å². The van der Waals surface area contributed by atoms with Gasteiger partial charge in [0.1, 0.15) is 6.04 Å². The molecule has 3 unspecified atom stereocenters. The molecule has 0 saturated carbocycles. The van der Waals surface area contributed by atoms with Crippen LogP contribution in [0, 0.1) is 17.3 Å². The van der Waals surface area contributed by atoms with Crippen molar-refractivity contribution in [1.29, 1.82) is 0 Å². The van der Waals surface area contributed by atoms with Crippen LogP contribution in [-0.4, -0.2) is 29.3 Å². The molecule has 3 atom stereocenters. The van der Waals surface area contributed by atoms with Crippen LogP contribution >= 0.6 is 0 Å². The van der Waals surface area contributed by atoms with Crippen LogP contribution in [0.4, 0.5) is 0 Å². The fraction of sp³-hybridized carbons (Fsp3) is 0.533. The van der Waals surface area contributed by atoms with Crippen LogP contribution in [0.5, 0.6) is 0 Å². The highest BCUT2D eigenvalue weighted by molar-refractivity contribution is 5.88. The molecule has 0 fully saturated rings. The molecule has 2 rings (SSSR count). The summed E-state index contributed by atoms with van der Waals surface area (Å²) in [6, 6.07) is 19.8. The molecule has 0 radical (unpaired) electrons. The maximum absolute atomic E-state index is 13.8. The van der Waals surface area contributed by atoms with Gasteiger partial charge in [-0.05, 0) is 41.2 Å². The van der Waals surface area contributed by atoms with E-state index >= 15 is 0 Å². The molecule has 0 aliphatic heterocycles. The molecular formula is C30H44N2O2. The van der Waals surface area contributed by atoms with Gasteiger partial charge in [-0.3, -0.25) is 9.59 Å². The van der Waals surface area contributed by atoms with Crippen molar-refractivity contribution in [2.75, 3.05) is 6.54 Å². The van der Waals surface area contributed by atoms with E-state index in [9.17, 15) is 9.59 Å². The number of carbonyl (C=O) groups excluding carboxylic acids is 2. The molecule has 0 heterocycles. The number of nitrogens with zero attached hydrogens (tertiary/aromatic N) is 1. The Bertz CT molecular complexity index is 874. The summed E-state index contributed by atoms with van der Waals surface area (Å²) < 4.78 is 0. The lowest BCUT2D eigenvalue weighted by Gasteiger charge is -2.31.